The van der Waals surface area contributed by atoms with Crippen LogP contribution in [-0.2, 0) is 0 Å². The number of hydrogen-bond acceptors (Lipinski definition) is 5. The fourth-order valence-electron chi connectivity index (χ4n) is 1.53. The number of fused-ring (bicyclic) bond motifs is 1. The van der Waals surface area contributed by atoms with Crippen LogP contribution in [0.5, 0.6) is 0 Å². The molecule has 0 aliphatic carbocycles. The van der Waals surface area contributed by atoms with Crippen LogP contribution in [0.4, 0.5) is 11.6 Å². The zero-order valence-corrected chi connectivity index (χ0v) is 8.91. The summed E-state index contributed by atoms with van der Waals surface area (Å²) in [7, 11) is 0. The number of nitrogens with zero attached hydrogens (tertiary/aromatic N) is 4. The van der Waals surface area contributed by atoms with Crippen LogP contribution < -0.4 is 5.32 Å². The van der Waals surface area contributed by atoms with E-state index in [2.05, 4.69) is 25.3 Å². The molecule has 3 heterocycles. The number of aromatic nitrogens is 4. The number of pyridine rings is 2. The van der Waals surface area contributed by atoms with Crippen molar-refractivity contribution in [2.24, 2.45) is 0 Å². The van der Waals surface area contributed by atoms with E-state index in [9.17, 15) is 0 Å². The van der Waals surface area contributed by atoms with Gasteiger partial charge < -0.3 is 5.32 Å². The fraction of sp³-hybridized carbons (Fsp3) is 0. The molecule has 5 nitrogen and oxygen atoms in total. The number of anilines is 2. The predicted octanol–water partition coefficient (Wildman–Crippen LogP) is 2.16. The smallest absolute Gasteiger partial charge is 0.150 e. The van der Waals surface area contributed by atoms with Gasteiger partial charge in [-0.3, -0.25) is 9.97 Å². The van der Waals surface area contributed by atoms with Gasteiger partial charge in [-0.2, -0.15) is 0 Å². The molecule has 0 fully saturated rings. The minimum atomic E-state index is 0.670. The Hall–Kier alpha value is -2.56. The van der Waals surface area contributed by atoms with E-state index in [1.807, 2.05) is 18.2 Å². The summed E-state index contributed by atoms with van der Waals surface area (Å²) in [4.78, 5) is 16.6. The molecule has 1 N–H and O–H groups in total. The molecule has 0 atom stereocenters. The van der Waals surface area contributed by atoms with Crippen molar-refractivity contribution in [1.29, 1.82) is 0 Å². The molecule has 3 rings (SSSR count). The Labute approximate surface area is 97.6 Å². The average molecular weight is 223 g/mol. The van der Waals surface area contributed by atoms with Crippen molar-refractivity contribution >= 4 is 22.5 Å². The maximum absolute atomic E-state index is 4.43. The minimum absolute atomic E-state index is 0.670. The molecule has 0 aliphatic rings. The molecule has 0 radical (unpaired) electrons. The molecule has 5 heteroatoms. The molecule has 0 saturated heterocycles. The second-order valence-corrected chi connectivity index (χ2v) is 3.48. The summed E-state index contributed by atoms with van der Waals surface area (Å²) in [6, 6.07) is 5.81. The van der Waals surface area contributed by atoms with Gasteiger partial charge in [0.1, 0.15) is 11.6 Å². The van der Waals surface area contributed by atoms with Crippen molar-refractivity contribution in [2.45, 2.75) is 0 Å². The van der Waals surface area contributed by atoms with E-state index >= 15 is 0 Å². The molecule has 3 aromatic rings. The maximum Gasteiger partial charge on any atom is 0.150 e. The number of rotatable bonds is 2. The lowest BCUT2D eigenvalue weighted by atomic mass is 10.2. The average Bonchev–Trinajstić information content (AvgIpc) is 2.40. The van der Waals surface area contributed by atoms with Gasteiger partial charge in [-0.1, -0.05) is 0 Å². The van der Waals surface area contributed by atoms with Crippen LogP contribution in [0.2, 0.25) is 0 Å². The first-order valence-electron chi connectivity index (χ1n) is 5.16. The largest absolute Gasteiger partial charge is 0.324 e. The Bertz CT molecular complexity index is 638. The third kappa shape index (κ3) is 2.03. The summed E-state index contributed by atoms with van der Waals surface area (Å²) in [5.74, 6) is 1.40. The Morgan fingerprint density at radius 2 is 1.76 bits per heavy atom. The van der Waals surface area contributed by atoms with Gasteiger partial charge in [0.25, 0.3) is 0 Å². The normalized spacial score (nSPS) is 10.4. The third-order valence-electron chi connectivity index (χ3n) is 2.31. The molecule has 0 amide bonds. The van der Waals surface area contributed by atoms with E-state index in [1.165, 1.54) is 0 Å². The van der Waals surface area contributed by atoms with Crippen LogP contribution in [0.1, 0.15) is 0 Å². The summed E-state index contributed by atoms with van der Waals surface area (Å²) in [5.41, 5.74) is 0.849. The van der Waals surface area contributed by atoms with E-state index in [1.54, 1.807) is 31.0 Å². The number of hydrogen-bond donors (Lipinski definition) is 1. The fourth-order valence-corrected chi connectivity index (χ4v) is 1.53. The molecule has 0 saturated carbocycles. The molecule has 82 valence electrons. The van der Waals surface area contributed by atoms with Gasteiger partial charge in [-0.05, 0) is 18.2 Å². The van der Waals surface area contributed by atoms with Gasteiger partial charge in [-0.25, -0.2) is 9.97 Å². The summed E-state index contributed by atoms with van der Waals surface area (Å²) in [6.45, 7) is 0. The summed E-state index contributed by atoms with van der Waals surface area (Å²) in [6.07, 6.45) is 8.39. The Balaban J connectivity index is 1.96. The molecular weight excluding hydrogens is 214 g/mol. The molecular formula is C12H9N5. The van der Waals surface area contributed by atoms with Crippen LogP contribution >= 0.6 is 0 Å². The van der Waals surface area contributed by atoms with Gasteiger partial charge in [0, 0.05) is 24.0 Å². The zero-order valence-electron chi connectivity index (χ0n) is 8.91. The standard InChI is InChI=1S/C12H9N5/c1-2-11(17-12-8-14-5-6-15-12)16-10-7-13-4-3-9(1)10/h1-8H,(H,15,16,17). The zero-order chi connectivity index (χ0) is 11.5. The van der Waals surface area contributed by atoms with Crippen LogP contribution in [0, 0.1) is 0 Å². The second kappa shape index (κ2) is 4.13. The first-order chi connectivity index (χ1) is 8.42. The van der Waals surface area contributed by atoms with E-state index < -0.39 is 0 Å². The summed E-state index contributed by atoms with van der Waals surface area (Å²) in [5, 5.41) is 4.14. The van der Waals surface area contributed by atoms with E-state index in [0.717, 1.165) is 16.7 Å². The van der Waals surface area contributed by atoms with Crippen LogP contribution in [0.3, 0.4) is 0 Å². The van der Waals surface area contributed by atoms with Gasteiger partial charge in [0.15, 0.2) is 0 Å². The van der Waals surface area contributed by atoms with E-state index in [0.29, 0.717) is 5.82 Å². The first kappa shape index (κ1) is 9.65. The van der Waals surface area contributed by atoms with Crippen molar-refractivity contribution in [3.8, 4) is 0 Å². The Morgan fingerprint density at radius 1 is 0.824 bits per heavy atom. The highest BCUT2D eigenvalue weighted by Gasteiger charge is 1.99. The maximum atomic E-state index is 4.43. The van der Waals surface area contributed by atoms with Crippen LogP contribution in [0.25, 0.3) is 10.9 Å². The minimum Gasteiger partial charge on any atom is -0.324 e. The van der Waals surface area contributed by atoms with Crippen LogP contribution in [0.15, 0.2) is 49.2 Å². The van der Waals surface area contributed by atoms with Crippen molar-refractivity contribution in [3.63, 3.8) is 0 Å². The van der Waals surface area contributed by atoms with Crippen molar-refractivity contribution < 1.29 is 0 Å². The summed E-state index contributed by atoms with van der Waals surface area (Å²) >= 11 is 0. The third-order valence-corrected chi connectivity index (χ3v) is 2.31. The molecule has 0 bridgehead atoms. The molecule has 0 aromatic carbocycles. The molecule has 17 heavy (non-hydrogen) atoms. The highest BCUT2D eigenvalue weighted by Crippen LogP contribution is 2.15. The Morgan fingerprint density at radius 3 is 2.65 bits per heavy atom. The van der Waals surface area contributed by atoms with Gasteiger partial charge in [0.05, 0.1) is 17.9 Å². The second-order valence-electron chi connectivity index (χ2n) is 3.48. The molecule has 3 aromatic heterocycles. The molecule has 0 aliphatic heterocycles. The predicted molar refractivity (Wildman–Crippen MR) is 64.9 cm³/mol. The van der Waals surface area contributed by atoms with Gasteiger partial charge in [0.2, 0.25) is 0 Å². The molecule has 0 spiro atoms. The lowest BCUT2D eigenvalue weighted by molar-refractivity contribution is 1.19. The van der Waals surface area contributed by atoms with Crippen LogP contribution in [-0.4, -0.2) is 19.9 Å². The topological polar surface area (TPSA) is 63.6 Å². The van der Waals surface area contributed by atoms with Crippen molar-refractivity contribution in [2.75, 3.05) is 5.32 Å². The van der Waals surface area contributed by atoms with Gasteiger partial charge in [-0.15, -0.1) is 0 Å². The lowest BCUT2D eigenvalue weighted by Gasteiger charge is -2.04. The Kier molecular flexibility index (Phi) is 2.34. The summed E-state index contributed by atoms with van der Waals surface area (Å²) < 4.78 is 0. The highest BCUT2D eigenvalue weighted by molar-refractivity contribution is 5.79. The van der Waals surface area contributed by atoms with E-state index in [4.69, 9.17) is 0 Å². The lowest BCUT2D eigenvalue weighted by Crippen LogP contribution is -1.96. The number of nitrogens with one attached hydrogen (secondary N) is 1. The van der Waals surface area contributed by atoms with Crippen molar-refractivity contribution in [1.82, 2.24) is 19.9 Å². The van der Waals surface area contributed by atoms with Crippen molar-refractivity contribution in [3.05, 3.63) is 49.2 Å². The quantitative estimate of drug-likeness (QED) is 0.721. The van der Waals surface area contributed by atoms with Gasteiger partial charge >= 0.3 is 0 Å². The highest BCUT2D eigenvalue weighted by atomic mass is 15.1. The monoisotopic (exact) mass is 223 g/mol. The first-order valence-corrected chi connectivity index (χ1v) is 5.16. The molecule has 0 unspecified atom stereocenters. The van der Waals surface area contributed by atoms with E-state index in [-0.39, 0.29) is 0 Å². The SMILES string of the molecule is c1cnc(Nc2ccc3ccncc3n2)cn1.